The molecular weight excluding hydrogens is 1050 g/mol. The Morgan fingerprint density at radius 2 is 0.798 bits per heavy atom. The van der Waals surface area contributed by atoms with Crippen LogP contribution < -0.4 is 44.9 Å². The molecule has 15 rings (SSSR count). The third-order valence-electron chi connectivity index (χ3n) is 17.8. The van der Waals surface area contributed by atoms with Crippen LogP contribution in [0.1, 0.15) is 106 Å². The monoisotopic (exact) mass is 1140 g/mol. The normalized spacial score (nSPS) is 26.3. The van der Waals surface area contributed by atoms with Crippen molar-refractivity contribution in [3.8, 4) is 17.2 Å². The minimum Gasteiger partial charge on any atom is -0.494 e. The number of piperidine rings is 3. The number of hydrogen-bond acceptors (Lipinski definition) is 12. The number of para-hydroxylation sites is 3. The van der Waals surface area contributed by atoms with E-state index in [9.17, 15) is 14.4 Å². The molecule has 6 atom stereocenters. The highest BCUT2D eigenvalue weighted by molar-refractivity contribution is 6.05. The Morgan fingerprint density at radius 3 is 1.21 bits per heavy atom. The first kappa shape index (κ1) is 43.1. The smallest absolute Gasteiger partial charge is 0.243 e. The number of rotatable bonds is 15. The second-order valence-electron chi connectivity index (χ2n) is 23.3. The van der Waals surface area contributed by atoms with Crippen molar-refractivity contribution in [2.45, 2.75) is 95.1 Å². The third-order valence-corrected chi connectivity index (χ3v) is 17.8. The lowest BCUT2D eigenvalue weighted by molar-refractivity contribution is -0.116. The molecule has 0 radical (unpaired) electrons. The van der Waals surface area contributed by atoms with Gasteiger partial charge in [0, 0.05) is 103 Å². The molecule has 3 amide bonds. The van der Waals surface area contributed by atoms with Gasteiger partial charge < -0.3 is 59.6 Å². The lowest BCUT2D eigenvalue weighted by atomic mass is 9.89. The van der Waals surface area contributed by atoms with Crippen LogP contribution in [-0.2, 0) is 14.4 Å². The van der Waals surface area contributed by atoms with Crippen LogP contribution in [0, 0.1) is 20.8 Å². The summed E-state index contributed by atoms with van der Waals surface area (Å²) >= 11 is 0. The molecule has 6 aromatic carbocycles. The number of aryl methyl sites for hydroxylation is 3. The van der Waals surface area contributed by atoms with Crippen molar-refractivity contribution in [1.82, 2.24) is 14.7 Å². The maximum Gasteiger partial charge on any atom is 0.243 e. The predicted octanol–water partition coefficient (Wildman–Crippen LogP) is 10.2. The lowest BCUT2D eigenvalue weighted by Gasteiger charge is -2.39. The molecule has 15 heteroatoms. The number of anilines is 6. The minimum atomic E-state index is -2.98. The van der Waals surface area contributed by atoms with Crippen molar-refractivity contribution in [2.24, 2.45) is 0 Å². The van der Waals surface area contributed by atoms with Gasteiger partial charge in [0.1, 0.15) is 17.2 Å². The molecule has 3 saturated heterocycles. The van der Waals surface area contributed by atoms with Gasteiger partial charge in [0.05, 0.1) is 81.7 Å². The number of likely N-dealkylation sites (tertiary alicyclic amines) is 3. The van der Waals surface area contributed by atoms with Crippen LogP contribution in [0.3, 0.4) is 0 Å². The van der Waals surface area contributed by atoms with E-state index in [1.165, 1.54) is 16.2 Å². The molecule has 3 fully saturated rings. The Labute approximate surface area is 512 Å². The van der Waals surface area contributed by atoms with Gasteiger partial charge in [-0.25, -0.2) is 0 Å². The summed E-state index contributed by atoms with van der Waals surface area (Å²) in [5, 5.41) is 8.85. The lowest BCUT2D eigenvalue weighted by Crippen LogP contribution is -2.49. The van der Waals surface area contributed by atoms with Crippen molar-refractivity contribution < 1.29 is 45.0 Å². The largest absolute Gasteiger partial charge is 0.494 e. The molecule has 0 bridgehead atoms. The number of carbonyl (C=O) groups is 3. The molecule has 0 saturated carbocycles. The molecule has 0 aliphatic carbocycles. The summed E-state index contributed by atoms with van der Waals surface area (Å²) in [6.07, 6.45) is -0.840. The number of carbonyl (C=O) groups excluding carboxylic acids is 3. The molecule has 0 aromatic heterocycles. The molecule has 6 aromatic rings. The highest BCUT2D eigenvalue weighted by Crippen LogP contribution is 2.52. The highest BCUT2D eigenvalue weighted by atomic mass is 16.5. The van der Waals surface area contributed by atoms with E-state index in [0.29, 0.717) is 75.4 Å². The fraction of sp³-hybridized carbons (Fsp3) is 0.435. The summed E-state index contributed by atoms with van der Waals surface area (Å²) in [6.45, 7) is -0.654. The van der Waals surface area contributed by atoms with Crippen LogP contribution in [0.5, 0.6) is 17.2 Å². The number of fused-ring (bicyclic) bond motifs is 9. The van der Waals surface area contributed by atoms with E-state index in [1.54, 1.807) is 41.3 Å². The van der Waals surface area contributed by atoms with E-state index in [2.05, 4.69) is 47.7 Å². The van der Waals surface area contributed by atoms with E-state index in [4.69, 9.17) is 30.7 Å². The fourth-order valence-electron chi connectivity index (χ4n) is 13.9. The quantitative estimate of drug-likeness (QED) is 0.0904. The first-order valence-electron chi connectivity index (χ1n) is 35.5. The van der Waals surface area contributed by atoms with Crippen molar-refractivity contribution in [1.29, 1.82) is 0 Å². The van der Waals surface area contributed by atoms with Gasteiger partial charge in [0.25, 0.3) is 0 Å². The predicted molar refractivity (Wildman–Crippen MR) is 334 cm³/mol. The number of nitrogens with one attached hydrogen (secondary N) is 3. The molecule has 9 aliphatic heterocycles. The molecular formula is C69H81N9O6. The molecule has 15 nitrogen and oxygen atoms in total. The summed E-state index contributed by atoms with van der Waals surface area (Å²) in [5.74, 6) is 1.35. The number of amides is 3. The fourth-order valence-corrected chi connectivity index (χ4v) is 13.9. The van der Waals surface area contributed by atoms with E-state index < -0.39 is 45.5 Å². The SMILES string of the molecule is [2H]C([2H])(CC([2H])([2H])N1CC[C@H]2[C@@H](C1)c1cccc3c1N2CC(=O)N3)Oc1ccc(C)cc1.[2H]C([2H])(CCN1CC[C@H]2[C@@H](C1)c1cccc3c1N2CC(=O)N3)Oc1ccc(C)cc1.[2H]C([2H])(Oc1ccc(C)cc1)C([2H])([2H])C([2H])([2H])N1CC[C@H]2[C@@H](C1)c1cccc3c1N2CC(=O)N3. The van der Waals surface area contributed by atoms with Gasteiger partial charge in [-0.05, 0) is 131 Å². The molecule has 0 spiro atoms. The average Bonchev–Trinajstić information content (AvgIpc) is 1.54. The standard InChI is InChI=1S/3C23H27N3O2/c3*1-16-6-8-17(9-7-16)28-13-3-11-25-12-10-21-19(14-25)18-4-2-5-20-23(18)26(21)15-22(27)24-20/h3*2,4-9,19,21H,3,10-15H2,1H3,(H,24,27)/t3*19-,21-/m000/s1/i3D2,11D2,13D2;11D2,13D2;13D2. The van der Waals surface area contributed by atoms with Gasteiger partial charge in [-0.2, -0.15) is 0 Å². The summed E-state index contributed by atoms with van der Waals surface area (Å²) in [5.41, 5.74) is 12.3. The highest BCUT2D eigenvalue weighted by Gasteiger charge is 2.48. The Kier molecular flexibility index (Phi) is 12.6. The first-order chi connectivity index (χ1) is 45.4. The number of hydrogen-bond donors (Lipinski definition) is 3. The molecule has 9 aliphatic rings. The van der Waals surface area contributed by atoms with E-state index in [1.807, 2.05) is 99.6 Å². The van der Waals surface area contributed by atoms with Crippen LogP contribution in [0.2, 0.25) is 0 Å². The topological polar surface area (TPSA) is 134 Å². The van der Waals surface area contributed by atoms with Crippen molar-refractivity contribution >= 4 is 51.8 Å². The Hall–Kier alpha value is -7.59. The summed E-state index contributed by atoms with van der Waals surface area (Å²) in [4.78, 5) is 48.5. The van der Waals surface area contributed by atoms with Crippen molar-refractivity contribution in [3.63, 3.8) is 0 Å². The van der Waals surface area contributed by atoms with Crippen molar-refractivity contribution in [3.05, 3.63) is 161 Å². The summed E-state index contributed by atoms with van der Waals surface area (Å²) in [7, 11) is 0. The Bertz CT molecular complexity index is 3930. The van der Waals surface area contributed by atoms with E-state index in [-0.39, 0.29) is 67.0 Å². The molecule has 3 N–H and O–H groups in total. The van der Waals surface area contributed by atoms with Gasteiger partial charge >= 0.3 is 0 Å². The van der Waals surface area contributed by atoms with Gasteiger partial charge in [-0.15, -0.1) is 0 Å². The van der Waals surface area contributed by atoms with Crippen LogP contribution >= 0.6 is 0 Å². The first-order valence-corrected chi connectivity index (χ1v) is 29.5. The Balaban J connectivity index is 0.000000130. The maximum atomic E-state index is 12.2. The van der Waals surface area contributed by atoms with Gasteiger partial charge in [0.2, 0.25) is 17.7 Å². The third kappa shape index (κ3) is 11.8. The average molecular weight is 1140 g/mol. The van der Waals surface area contributed by atoms with Gasteiger partial charge in [0.15, 0.2) is 0 Å². The van der Waals surface area contributed by atoms with Gasteiger partial charge in [-0.3, -0.25) is 14.4 Å². The second kappa shape index (κ2) is 24.6. The number of nitrogens with zero attached hydrogens (tertiary/aromatic N) is 6. The minimum absolute atomic E-state index is 0.0145. The zero-order chi connectivity index (χ0) is 68.0. The van der Waals surface area contributed by atoms with Crippen molar-refractivity contribution in [2.75, 3.05) is 129 Å². The van der Waals surface area contributed by atoms with Crippen LogP contribution in [-0.4, -0.2) is 149 Å². The van der Waals surface area contributed by atoms with E-state index in [0.717, 1.165) is 75.8 Å². The zero-order valence-electron chi connectivity index (χ0n) is 59.8. The molecule has 84 heavy (non-hydrogen) atoms. The summed E-state index contributed by atoms with van der Waals surface area (Å²) in [6, 6.07) is 39.4. The van der Waals surface area contributed by atoms with Gasteiger partial charge in [-0.1, -0.05) is 89.5 Å². The number of ether oxygens (including phenoxy) is 3. The zero-order valence-corrected chi connectivity index (χ0v) is 47.8. The van der Waals surface area contributed by atoms with Crippen LogP contribution in [0.4, 0.5) is 34.1 Å². The molecule has 0 unspecified atom stereocenters. The number of benzene rings is 6. The Morgan fingerprint density at radius 1 is 0.440 bits per heavy atom. The molecule has 438 valence electrons. The second-order valence-corrected chi connectivity index (χ2v) is 23.3. The molecule has 9 heterocycles. The van der Waals surface area contributed by atoms with E-state index >= 15 is 0 Å². The summed E-state index contributed by atoms with van der Waals surface area (Å²) < 4.78 is 118. The van der Waals surface area contributed by atoms with Crippen LogP contribution in [0.15, 0.2) is 127 Å². The van der Waals surface area contributed by atoms with Crippen LogP contribution in [0.25, 0.3) is 0 Å². The maximum absolute atomic E-state index is 12.2.